The first kappa shape index (κ1) is 17.8. The topological polar surface area (TPSA) is 52.8 Å². The van der Waals surface area contributed by atoms with Crippen LogP contribution >= 0.6 is 11.3 Å². The van der Waals surface area contributed by atoms with Crippen LogP contribution in [0.15, 0.2) is 54.9 Å². The molecular weight excluding hydrogens is 380 g/mol. The van der Waals surface area contributed by atoms with E-state index in [1.807, 2.05) is 25.1 Å². The number of fused-ring (bicyclic) bond motifs is 3. The van der Waals surface area contributed by atoms with Crippen molar-refractivity contribution >= 4 is 11.3 Å². The average molecular weight is 398 g/mol. The molecule has 142 valence electrons. The maximum atomic E-state index is 5.94. The van der Waals surface area contributed by atoms with Crippen molar-refractivity contribution in [1.29, 1.82) is 0 Å². The van der Waals surface area contributed by atoms with E-state index >= 15 is 0 Å². The quantitative estimate of drug-likeness (QED) is 0.478. The molecule has 29 heavy (non-hydrogen) atoms. The summed E-state index contributed by atoms with van der Waals surface area (Å²) in [6, 6.07) is 14.3. The van der Waals surface area contributed by atoms with Crippen molar-refractivity contribution in [3.63, 3.8) is 0 Å². The molecule has 3 aromatic heterocycles. The van der Waals surface area contributed by atoms with E-state index in [9.17, 15) is 0 Å². The second-order valence-electron chi connectivity index (χ2n) is 6.83. The third kappa shape index (κ3) is 3.46. The minimum Gasteiger partial charge on any atom is -0.369 e. The van der Waals surface area contributed by atoms with Gasteiger partial charge >= 0.3 is 0 Å². The normalized spacial score (nSPS) is 12.4. The Morgan fingerprint density at radius 3 is 2.69 bits per heavy atom. The molecule has 1 aliphatic rings. The van der Waals surface area contributed by atoms with Gasteiger partial charge in [-0.25, -0.2) is 0 Å². The van der Waals surface area contributed by atoms with Gasteiger partial charge < -0.3 is 4.74 Å². The fourth-order valence-electron chi connectivity index (χ4n) is 3.48. The van der Waals surface area contributed by atoms with Gasteiger partial charge in [-0.2, -0.15) is 0 Å². The van der Waals surface area contributed by atoms with E-state index in [2.05, 4.69) is 55.9 Å². The van der Waals surface area contributed by atoms with Crippen molar-refractivity contribution in [2.45, 2.75) is 26.6 Å². The molecule has 0 saturated heterocycles. The number of hydrogen-bond acceptors (Lipinski definition) is 5. The van der Waals surface area contributed by atoms with Crippen LogP contribution in [-0.2, 0) is 24.4 Å². The molecule has 0 unspecified atom stereocenters. The van der Waals surface area contributed by atoms with Gasteiger partial charge in [0.2, 0.25) is 0 Å². The third-order valence-electron chi connectivity index (χ3n) is 4.89. The number of ether oxygens (including phenoxy) is 1. The fourth-order valence-corrected chi connectivity index (χ4v) is 4.72. The zero-order valence-electron chi connectivity index (χ0n) is 15.9. The molecule has 0 bridgehead atoms. The Hall–Kier alpha value is -3.27. The number of rotatable bonds is 2. The maximum Gasteiger partial charge on any atom is 0.164 e. The zero-order chi connectivity index (χ0) is 19.6. The molecule has 0 aliphatic carbocycles. The first-order chi connectivity index (χ1) is 14.3. The molecule has 0 N–H and O–H groups in total. The van der Waals surface area contributed by atoms with Crippen LogP contribution in [0.1, 0.15) is 38.8 Å². The average Bonchev–Trinajstić information content (AvgIpc) is 3.22. The first-order valence-corrected chi connectivity index (χ1v) is 10.2. The SMILES string of the molecule is Cc1nnc2n1-c1sc(C#Cc3ccncc3)c(Cc3ccccc3)c1COC2. The van der Waals surface area contributed by atoms with E-state index in [0.717, 1.165) is 33.5 Å². The minimum atomic E-state index is 0.463. The van der Waals surface area contributed by atoms with E-state index in [0.29, 0.717) is 13.2 Å². The molecule has 0 fully saturated rings. The van der Waals surface area contributed by atoms with Crippen molar-refractivity contribution in [3.8, 4) is 16.8 Å². The Labute approximate surface area is 173 Å². The van der Waals surface area contributed by atoms with Crippen molar-refractivity contribution < 1.29 is 4.74 Å². The van der Waals surface area contributed by atoms with Crippen LogP contribution in [0.2, 0.25) is 0 Å². The molecule has 4 heterocycles. The molecule has 0 amide bonds. The molecule has 6 heteroatoms. The van der Waals surface area contributed by atoms with Crippen LogP contribution in [0.5, 0.6) is 0 Å². The number of hydrogen-bond donors (Lipinski definition) is 0. The highest BCUT2D eigenvalue weighted by atomic mass is 32.1. The van der Waals surface area contributed by atoms with Gasteiger partial charge in [0.15, 0.2) is 5.82 Å². The van der Waals surface area contributed by atoms with Crippen molar-refractivity contribution in [2.75, 3.05) is 0 Å². The summed E-state index contributed by atoms with van der Waals surface area (Å²) >= 11 is 1.69. The van der Waals surface area contributed by atoms with E-state index in [-0.39, 0.29) is 0 Å². The largest absolute Gasteiger partial charge is 0.369 e. The van der Waals surface area contributed by atoms with Gasteiger partial charge in [0.1, 0.15) is 17.4 Å². The number of pyridine rings is 1. The lowest BCUT2D eigenvalue weighted by atomic mass is 10.0. The van der Waals surface area contributed by atoms with Crippen molar-refractivity contribution in [3.05, 3.63) is 93.6 Å². The standard InChI is InChI=1S/C23H18N4OS/c1-16-25-26-22-15-28-14-20-19(13-18-5-3-2-4-6-18)21(29-23(20)27(16)22)8-7-17-9-11-24-12-10-17/h2-6,9-12H,13-15H2,1H3. The lowest BCUT2D eigenvalue weighted by molar-refractivity contribution is 0.104. The van der Waals surface area contributed by atoms with Gasteiger partial charge in [-0.05, 0) is 36.6 Å². The van der Waals surface area contributed by atoms with Crippen molar-refractivity contribution in [2.24, 2.45) is 0 Å². The lowest BCUT2D eigenvalue weighted by Crippen LogP contribution is -2.00. The van der Waals surface area contributed by atoms with Gasteiger partial charge in [-0.1, -0.05) is 42.2 Å². The van der Waals surface area contributed by atoms with E-state index in [4.69, 9.17) is 4.74 Å². The summed E-state index contributed by atoms with van der Waals surface area (Å²) in [4.78, 5) is 5.12. The van der Waals surface area contributed by atoms with E-state index in [1.165, 1.54) is 16.7 Å². The second-order valence-corrected chi connectivity index (χ2v) is 7.83. The Bertz CT molecular complexity index is 1220. The van der Waals surface area contributed by atoms with Gasteiger partial charge in [-0.15, -0.1) is 21.5 Å². The lowest BCUT2D eigenvalue weighted by Gasteiger charge is -2.06. The number of nitrogens with zero attached hydrogens (tertiary/aromatic N) is 4. The van der Waals surface area contributed by atoms with Crippen LogP contribution in [-0.4, -0.2) is 19.7 Å². The summed E-state index contributed by atoms with van der Waals surface area (Å²) in [6.07, 6.45) is 4.34. The summed E-state index contributed by atoms with van der Waals surface area (Å²) in [5.74, 6) is 8.39. The molecule has 0 spiro atoms. The summed E-state index contributed by atoms with van der Waals surface area (Å²) in [6.45, 7) is 2.99. The molecule has 0 atom stereocenters. The van der Waals surface area contributed by atoms with Crippen LogP contribution < -0.4 is 0 Å². The van der Waals surface area contributed by atoms with Gasteiger partial charge in [0.05, 0.1) is 11.5 Å². The van der Waals surface area contributed by atoms with Gasteiger partial charge in [0.25, 0.3) is 0 Å². The minimum absolute atomic E-state index is 0.463. The Morgan fingerprint density at radius 2 is 1.86 bits per heavy atom. The summed E-state index contributed by atoms with van der Waals surface area (Å²) < 4.78 is 8.05. The first-order valence-electron chi connectivity index (χ1n) is 9.39. The predicted octanol–water partition coefficient (Wildman–Crippen LogP) is 4.05. The zero-order valence-corrected chi connectivity index (χ0v) is 16.7. The van der Waals surface area contributed by atoms with Crippen LogP contribution in [0.4, 0.5) is 0 Å². The molecule has 1 aliphatic heterocycles. The Balaban J connectivity index is 1.67. The smallest absolute Gasteiger partial charge is 0.164 e. The Morgan fingerprint density at radius 1 is 1.03 bits per heavy atom. The highest BCUT2D eigenvalue weighted by Crippen LogP contribution is 2.36. The molecule has 1 aromatic carbocycles. The summed E-state index contributed by atoms with van der Waals surface area (Å²) in [5, 5.41) is 9.65. The third-order valence-corrected chi connectivity index (χ3v) is 6.07. The predicted molar refractivity (Wildman–Crippen MR) is 112 cm³/mol. The number of benzene rings is 1. The molecular formula is C23H18N4OS. The number of aryl methyl sites for hydroxylation is 1. The monoisotopic (exact) mass is 398 g/mol. The van der Waals surface area contributed by atoms with Gasteiger partial charge in [-0.3, -0.25) is 9.55 Å². The molecule has 5 rings (SSSR count). The molecule has 4 aromatic rings. The molecule has 0 radical (unpaired) electrons. The van der Waals surface area contributed by atoms with Crippen LogP contribution in [0.25, 0.3) is 5.00 Å². The second kappa shape index (κ2) is 7.63. The summed E-state index contributed by atoms with van der Waals surface area (Å²) in [7, 11) is 0. The molecule has 0 saturated carbocycles. The fraction of sp³-hybridized carbons (Fsp3) is 0.174. The highest BCUT2D eigenvalue weighted by molar-refractivity contribution is 7.15. The summed E-state index contributed by atoms with van der Waals surface area (Å²) in [5.41, 5.74) is 4.61. The maximum absolute atomic E-state index is 5.94. The number of aromatic nitrogens is 4. The Kier molecular flexibility index (Phi) is 4.68. The number of thiophene rings is 1. The van der Waals surface area contributed by atoms with Gasteiger partial charge in [0, 0.05) is 23.5 Å². The van der Waals surface area contributed by atoms with E-state index < -0.39 is 0 Å². The van der Waals surface area contributed by atoms with Crippen molar-refractivity contribution in [1.82, 2.24) is 19.7 Å². The highest BCUT2D eigenvalue weighted by Gasteiger charge is 2.25. The van der Waals surface area contributed by atoms with Crippen LogP contribution in [0, 0.1) is 18.8 Å². The van der Waals surface area contributed by atoms with E-state index in [1.54, 1.807) is 23.7 Å². The van der Waals surface area contributed by atoms with Crippen LogP contribution in [0.3, 0.4) is 0 Å². The molecule has 5 nitrogen and oxygen atoms in total.